The highest BCUT2D eigenvalue weighted by molar-refractivity contribution is 6.05. The number of carbonyl (C=O) groups excluding carboxylic acids is 2. The number of aliphatic hydroxyl groups excluding tert-OH is 1. The molecule has 9 heterocycles. The quantitative estimate of drug-likeness (QED) is 0.0670. The molecular formula is C84H78N16O4. The predicted molar refractivity (Wildman–Crippen MR) is 411 cm³/mol. The lowest BCUT2D eigenvalue weighted by Gasteiger charge is -2.34. The standard InChI is InChI=1S/C30H29N5O2.C28H27N5O.C26H22N6O/c1-2-37-30(36)21-10-13-23(14-11-21)35-17-24(27-28(31)32-18-33-29(27)35)22-9-8-20-12-15-25(34-26(20)16-22)19-6-4-3-5-7-19;29-27-26-23(15-33(28(26)31-17-30-27)22-11-6-18(16-34)7-12-22)21-9-8-20-10-13-24(32-25(20)14-21)19-4-2-1-3-5-19;27-24-23-20(13-32(26(23)30-14-29-24)19-10-18(11-19)25(28)33)17-7-6-16-8-9-21(31-22(16)12-17)15-4-2-1-3-5-15/h3-9,12,15-18,21,23H,2,10-11,13-14H2,1H3,(H2,31,32,33);1-5,8-10,13-15,17-18,22,34H,6-7,11-12,16H2,(H2,29,30,31);1-9,12-14,18-19H,10-11H2,(H2,28,33)(H2,27,29,30). The van der Waals surface area contributed by atoms with Gasteiger partial charge in [0.05, 0.1) is 62.3 Å². The maximum atomic E-state index is 12.2. The van der Waals surface area contributed by atoms with Crippen molar-refractivity contribution in [2.45, 2.75) is 89.3 Å². The van der Waals surface area contributed by atoms with Gasteiger partial charge in [-0.1, -0.05) is 146 Å². The van der Waals surface area contributed by atoms with E-state index >= 15 is 0 Å². The fourth-order valence-electron chi connectivity index (χ4n) is 15.5. The third-order valence-corrected chi connectivity index (χ3v) is 21.2. The van der Waals surface area contributed by atoms with Crippen LogP contribution >= 0.6 is 0 Å². The van der Waals surface area contributed by atoms with Crippen LogP contribution in [0.15, 0.2) is 220 Å². The number of benzene rings is 6. The molecule has 3 fully saturated rings. The summed E-state index contributed by atoms with van der Waals surface area (Å²) in [6, 6.07) is 62.7. The number of nitrogens with two attached hydrogens (primary N) is 4. The van der Waals surface area contributed by atoms with Gasteiger partial charge in [-0.3, -0.25) is 9.59 Å². The molecule has 9 N–H and O–H groups in total. The molecule has 0 unspecified atom stereocenters. The van der Waals surface area contributed by atoms with Crippen molar-refractivity contribution in [2.24, 2.45) is 23.5 Å². The van der Waals surface area contributed by atoms with E-state index in [4.69, 9.17) is 42.6 Å². The first-order chi connectivity index (χ1) is 50.9. The van der Waals surface area contributed by atoms with Gasteiger partial charge in [0.2, 0.25) is 5.91 Å². The van der Waals surface area contributed by atoms with Gasteiger partial charge < -0.3 is 46.5 Å². The molecule has 3 aliphatic rings. The summed E-state index contributed by atoms with van der Waals surface area (Å²) in [5.74, 6) is 1.36. The Balaban J connectivity index is 0.000000120. The van der Waals surface area contributed by atoms with Gasteiger partial charge in [0.1, 0.15) is 53.4 Å². The number of hydrogen-bond donors (Lipinski definition) is 5. The van der Waals surface area contributed by atoms with Gasteiger partial charge in [-0.15, -0.1) is 0 Å². The zero-order valence-corrected chi connectivity index (χ0v) is 57.6. The van der Waals surface area contributed by atoms with Crippen LogP contribution in [0.4, 0.5) is 17.5 Å². The van der Waals surface area contributed by atoms with Crippen molar-refractivity contribution in [3.63, 3.8) is 0 Å². The van der Waals surface area contributed by atoms with Crippen LogP contribution < -0.4 is 22.9 Å². The Kier molecular flexibility index (Phi) is 18.2. The molecule has 104 heavy (non-hydrogen) atoms. The van der Waals surface area contributed by atoms with Gasteiger partial charge in [0, 0.05) is 98.8 Å². The van der Waals surface area contributed by atoms with Crippen molar-refractivity contribution in [3.8, 4) is 67.2 Å². The van der Waals surface area contributed by atoms with Crippen LogP contribution in [0.2, 0.25) is 0 Å². The first kappa shape index (κ1) is 66.3. The van der Waals surface area contributed by atoms with Crippen LogP contribution in [-0.4, -0.2) is 88.8 Å². The summed E-state index contributed by atoms with van der Waals surface area (Å²) in [6.07, 6.45) is 19.9. The molecule has 3 aliphatic carbocycles. The van der Waals surface area contributed by atoms with Crippen molar-refractivity contribution >= 4 is 95.1 Å². The van der Waals surface area contributed by atoms with Gasteiger partial charge in [0.15, 0.2) is 0 Å². The molecule has 1 amide bonds. The minimum absolute atomic E-state index is 0.0254. The monoisotopic (exact) mass is 1370 g/mol. The van der Waals surface area contributed by atoms with E-state index in [0.29, 0.717) is 48.9 Å². The average molecular weight is 1380 g/mol. The van der Waals surface area contributed by atoms with E-state index in [1.165, 1.54) is 12.7 Å². The molecule has 20 heteroatoms. The van der Waals surface area contributed by atoms with Crippen LogP contribution in [-0.2, 0) is 14.3 Å². The van der Waals surface area contributed by atoms with E-state index < -0.39 is 0 Å². The molecule has 9 aromatic heterocycles. The predicted octanol–water partition coefficient (Wildman–Crippen LogP) is 16.1. The van der Waals surface area contributed by atoms with Crippen LogP contribution in [0.1, 0.15) is 89.3 Å². The van der Waals surface area contributed by atoms with E-state index in [2.05, 4.69) is 184 Å². The summed E-state index contributed by atoms with van der Waals surface area (Å²) in [5, 5.41) is 15.3. The first-order valence-corrected chi connectivity index (χ1v) is 35.7. The molecule has 0 atom stereocenters. The maximum absolute atomic E-state index is 12.2. The molecule has 6 aromatic carbocycles. The molecule has 15 aromatic rings. The number of ether oxygens (including phenoxy) is 1. The number of esters is 1. The van der Waals surface area contributed by atoms with Gasteiger partial charge in [-0.25, -0.2) is 44.9 Å². The topological polar surface area (TPSA) is 298 Å². The molecule has 0 spiro atoms. The second-order valence-electron chi connectivity index (χ2n) is 27.5. The molecule has 20 nitrogen and oxygen atoms in total. The Labute approximate surface area is 599 Å². The van der Waals surface area contributed by atoms with Crippen LogP contribution in [0.25, 0.3) is 133 Å². The number of hydrogen-bond acceptors (Lipinski definition) is 16. The highest BCUT2D eigenvalue weighted by Crippen LogP contribution is 2.45. The van der Waals surface area contributed by atoms with Crippen molar-refractivity contribution in [3.05, 3.63) is 220 Å². The van der Waals surface area contributed by atoms with E-state index in [0.717, 1.165) is 184 Å². The summed E-state index contributed by atoms with van der Waals surface area (Å²) in [5.41, 5.74) is 42.0. The minimum atomic E-state index is -0.244. The van der Waals surface area contributed by atoms with Crippen molar-refractivity contribution < 1.29 is 19.4 Å². The normalized spacial score (nSPS) is 18.0. The first-order valence-electron chi connectivity index (χ1n) is 35.7. The number of pyridine rings is 3. The minimum Gasteiger partial charge on any atom is -0.466 e. The summed E-state index contributed by atoms with van der Waals surface area (Å²) < 4.78 is 11.9. The lowest BCUT2D eigenvalue weighted by atomic mass is 9.79. The lowest BCUT2D eigenvalue weighted by molar-refractivity contribution is -0.149. The SMILES string of the molecule is CCOC(=O)C1CCC(n2cc(-c3ccc4ccc(-c5ccccc5)nc4c3)c3c(N)ncnc32)CC1.NC(=O)C1CC(n2cc(-c3ccc4ccc(-c5ccccc5)nc4c3)c3c(N)ncnc32)C1.Nc1ncnc2c1c(-c1ccc3ccc(-c4ccccc4)nc3c1)cn2C1CCC(CO)CC1. The van der Waals surface area contributed by atoms with Crippen molar-refractivity contribution in [1.82, 2.24) is 58.6 Å². The lowest BCUT2D eigenvalue weighted by Crippen LogP contribution is -2.36. The average Bonchev–Trinajstić information content (AvgIpc) is 1.61. The Bertz CT molecular complexity index is 5680. The van der Waals surface area contributed by atoms with Crippen molar-refractivity contribution in [2.75, 3.05) is 30.4 Å². The number of fused-ring (bicyclic) bond motifs is 6. The van der Waals surface area contributed by atoms with Crippen LogP contribution in [0, 0.1) is 17.8 Å². The smallest absolute Gasteiger partial charge is 0.308 e. The van der Waals surface area contributed by atoms with Crippen LogP contribution in [0.3, 0.4) is 0 Å². The second kappa shape index (κ2) is 28.6. The summed E-state index contributed by atoms with van der Waals surface area (Å²) >= 11 is 0. The van der Waals surface area contributed by atoms with Crippen molar-refractivity contribution in [1.29, 1.82) is 0 Å². The van der Waals surface area contributed by atoms with Gasteiger partial charge >= 0.3 is 5.97 Å². The largest absolute Gasteiger partial charge is 0.466 e. The number of nitrogens with zero attached hydrogens (tertiary/aromatic N) is 12. The zero-order valence-electron chi connectivity index (χ0n) is 57.6. The number of nitrogen functional groups attached to an aromatic ring is 3. The Morgan fingerprint density at radius 3 is 1.12 bits per heavy atom. The highest BCUT2D eigenvalue weighted by Gasteiger charge is 2.36. The fraction of sp³-hybridized carbons (Fsp3) is 0.226. The molecular weight excluding hydrogens is 1300 g/mol. The summed E-state index contributed by atoms with van der Waals surface area (Å²) in [7, 11) is 0. The van der Waals surface area contributed by atoms with Gasteiger partial charge in [-0.05, 0) is 130 Å². The molecule has 18 rings (SSSR count). The Morgan fingerprint density at radius 2 is 0.769 bits per heavy atom. The number of anilines is 3. The van der Waals surface area contributed by atoms with E-state index in [-0.39, 0.29) is 42.4 Å². The Morgan fingerprint density at radius 1 is 0.423 bits per heavy atom. The number of carbonyl (C=O) groups is 2. The van der Waals surface area contributed by atoms with E-state index in [9.17, 15) is 14.7 Å². The molecule has 0 radical (unpaired) electrons. The third-order valence-electron chi connectivity index (χ3n) is 21.2. The number of rotatable bonds is 13. The molecule has 0 bridgehead atoms. The summed E-state index contributed by atoms with van der Waals surface area (Å²) in [4.78, 5) is 65.2. The number of aliphatic hydroxyl groups is 1. The number of primary amides is 1. The number of amides is 1. The van der Waals surface area contributed by atoms with E-state index in [1.54, 1.807) is 6.33 Å². The second-order valence-corrected chi connectivity index (χ2v) is 27.5. The summed E-state index contributed by atoms with van der Waals surface area (Å²) in [6.45, 7) is 2.55. The van der Waals surface area contributed by atoms with E-state index in [1.807, 2.05) is 67.6 Å². The molecule has 0 aliphatic heterocycles. The van der Waals surface area contributed by atoms with Gasteiger partial charge in [0.25, 0.3) is 0 Å². The highest BCUT2D eigenvalue weighted by atomic mass is 16.5. The number of aromatic nitrogens is 12. The maximum Gasteiger partial charge on any atom is 0.308 e. The molecule has 518 valence electrons. The third kappa shape index (κ3) is 13.0. The van der Waals surface area contributed by atoms with Crippen LogP contribution in [0.5, 0.6) is 0 Å². The fourth-order valence-corrected chi connectivity index (χ4v) is 15.5. The Hall–Kier alpha value is -12.3. The van der Waals surface area contributed by atoms with Gasteiger partial charge in [-0.2, -0.15) is 0 Å². The molecule has 0 saturated heterocycles. The molecule has 3 saturated carbocycles. The zero-order chi connectivity index (χ0) is 71.0.